The van der Waals surface area contributed by atoms with Gasteiger partial charge in [0.1, 0.15) is 0 Å². The number of hydrogen-bond acceptors (Lipinski definition) is 5. The highest BCUT2D eigenvalue weighted by Crippen LogP contribution is 2.27. The Bertz CT molecular complexity index is 228. The van der Waals surface area contributed by atoms with Crippen LogP contribution in [0, 0.1) is 0 Å². The minimum Gasteiger partial charge on any atom is -0.392 e. The van der Waals surface area contributed by atoms with Crippen molar-refractivity contribution in [3.05, 3.63) is 0 Å². The Morgan fingerprint density at radius 2 is 1.18 bits per heavy atom. The van der Waals surface area contributed by atoms with Crippen molar-refractivity contribution < 1.29 is 14.9 Å². The molecule has 2 rings (SSSR count). The van der Waals surface area contributed by atoms with E-state index in [0.717, 1.165) is 25.7 Å². The van der Waals surface area contributed by atoms with Gasteiger partial charge in [-0.3, -0.25) is 0 Å². The molecule has 2 saturated carbocycles. The molecule has 6 atom stereocenters. The molecule has 0 spiro atoms. The van der Waals surface area contributed by atoms with E-state index in [1.807, 2.05) is 0 Å². The molecule has 6 unspecified atom stereocenters. The van der Waals surface area contributed by atoms with E-state index >= 15 is 0 Å². The Balaban J connectivity index is 1.78. The van der Waals surface area contributed by atoms with Gasteiger partial charge in [0.15, 0.2) is 0 Å². The van der Waals surface area contributed by atoms with Crippen molar-refractivity contribution in [2.75, 3.05) is 0 Å². The number of hydrogen-bond donors (Lipinski definition) is 4. The van der Waals surface area contributed by atoms with Gasteiger partial charge in [-0.2, -0.15) is 0 Å². The van der Waals surface area contributed by atoms with E-state index in [1.54, 1.807) is 0 Å². The summed E-state index contributed by atoms with van der Waals surface area (Å²) in [5, 5.41) is 19.1. The molecule has 5 heteroatoms. The Morgan fingerprint density at radius 1 is 0.765 bits per heavy atom. The molecule has 0 saturated heterocycles. The predicted octanol–water partition coefficient (Wildman–Crippen LogP) is -0.516. The second kappa shape index (κ2) is 5.63. The molecular formula is C12H24N2O3. The molecular weight excluding hydrogens is 220 g/mol. The van der Waals surface area contributed by atoms with Crippen molar-refractivity contribution in [2.45, 2.75) is 75.0 Å². The summed E-state index contributed by atoms with van der Waals surface area (Å²) in [6.45, 7) is 0. The molecule has 0 heterocycles. The smallest absolute Gasteiger partial charge is 0.0693 e. The molecule has 0 radical (unpaired) electrons. The average molecular weight is 244 g/mol. The van der Waals surface area contributed by atoms with Gasteiger partial charge in [-0.05, 0) is 38.5 Å². The highest BCUT2D eigenvalue weighted by Gasteiger charge is 2.32. The molecule has 2 aliphatic carbocycles. The standard InChI is InChI=1S/C12H24N2O3/c13-9-5-7(1-3-11(9)15)17-8-2-4-12(16)10(14)6-8/h7-12,15-16H,1-6,13-14H2. The molecule has 2 fully saturated rings. The summed E-state index contributed by atoms with van der Waals surface area (Å²) in [5.41, 5.74) is 11.7. The van der Waals surface area contributed by atoms with E-state index < -0.39 is 0 Å². The third-order valence-corrected chi connectivity index (χ3v) is 4.01. The van der Waals surface area contributed by atoms with E-state index in [4.69, 9.17) is 16.2 Å². The van der Waals surface area contributed by atoms with Gasteiger partial charge < -0.3 is 26.4 Å². The first-order valence-corrected chi connectivity index (χ1v) is 6.59. The topological polar surface area (TPSA) is 102 Å². The van der Waals surface area contributed by atoms with Crippen LogP contribution in [0.5, 0.6) is 0 Å². The zero-order chi connectivity index (χ0) is 12.4. The monoisotopic (exact) mass is 244 g/mol. The first-order chi connectivity index (χ1) is 8.06. The molecule has 0 aromatic heterocycles. The molecule has 0 amide bonds. The number of aliphatic hydroxyl groups excluding tert-OH is 2. The summed E-state index contributed by atoms with van der Waals surface area (Å²) in [7, 11) is 0. The Kier molecular flexibility index (Phi) is 4.38. The highest BCUT2D eigenvalue weighted by atomic mass is 16.5. The summed E-state index contributed by atoms with van der Waals surface area (Å²) in [5.74, 6) is 0. The van der Waals surface area contributed by atoms with Crippen LogP contribution < -0.4 is 11.5 Å². The molecule has 100 valence electrons. The Morgan fingerprint density at radius 3 is 1.53 bits per heavy atom. The Labute approximate surface area is 102 Å². The maximum Gasteiger partial charge on any atom is 0.0693 e. The molecule has 17 heavy (non-hydrogen) atoms. The molecule has 5 nitrogen and oxygen atoms in total. The number of aliphatic hydroxyl groups is 2. The Hall–Kier alpha value is -0.200. The first-order valence-electron chi connectivity index (χ1n) is 6.59. The average Bonchev–Trinajstić information content (AvgIpc) is 2.29. The van der Waals surface area contributed by atoms with Crippen molar-refractivity contribution >= 4 is 0 Å². The van der Waals surface area contributed by atoms with Crippen LogP contribution in [0.2, 0.25) is 0 Å². The largest absolute Gasteiger partial charge is 0.392 e. The van der Waals surface area contributed by atoms with Gasteiger partial charge in [0, 0.05) is 12.1 Å². The van der Waals surface area contributed by atoms with E-state index in [1.165, 1.54) is 0 Å². The lowest BCUT2D eigenvalue weighted by molar-refractivity contribution is -0.0806. The van der Waals surface area contributed by atoms with E-state index in [-0.39, 0.29) is 36.5 Å². The van der Waals surface area contributed by atoms with Crippen molar-refractivity contribution in [2.24, 2.45) is 11.5 Å². The first kappa shape index (κ1) is 13.2. The van der Waals surface area contributed by atoms with Crippen LogP contribution in [0.4, 0.5) is 0 Å². The van der Waals surface area contributed by atoms with Crippen molar-refractivity contribution in [1.29, 1.82) is 0 Å². The van der Waals surface area contributed by atoms with Crippen LogP contribution in [-0.4, -0.2) is 46.7 Å². The lowest BCUT2D eigenvalue weighted by Crippen LogP contribution is -2.47. The second-order valence-corrected chi connectivity index (χ2v) is 5.47. The number of nitrogens with two attached hydrogens (primary N) is 2. The normalized spacial score (nSPS) is 48.0. The fourth-order valence-corrected chi connectivity index (χ4v) is 2.82. The maximum absolute atomic E-state index is 9.54. The minimum atomic E-state index is -0.384. The molecule has 0 aromatic carbocycles. The minimum absolute atomic E-state index is 0.140. The van der Waals surface area contributed by atoms with Gasteiger partial charge in [-0.25, -0.2) is 0 Å². The number of ether oxygens (including phenoxy) is 1. The predicted molar refractivity (Wildman–Crippen MR) is 64.3 cm³/mol. The highest BCUT2D eigenvalue weighted by molar-refractivity contribution is 4.86. The van der Waals surface area contributed by atoms with E-state index in [2.05, 4.69) is 0 Å². The van der Waals surface area contributed by atoms with Gasteiger partial charge in [0.25, 0.3) is 0 Å². The van der Waals surface area contributed by atoms with Crippen molar-refractivity contribution in [3.63, 3.8) is 0 Å². The van der Waals surface area contributed by atoms with Crippen molar-refractivity contribution in [1.82, 2.24) is 0 Å². The molecule has 0 aromatic rings. The van der Waals surface area contributed by atoms with Crippen LogP contribution in [0.25, 0.3) is 0 Å². The van der Waals surface area contributed by atoms with Crippen LogP contribution in [0.3, 0.4) is 0 Å². The summed E-state index contributed by atoms with van der Waals surface area (Å²) >= 11 is 0. The number of rotatable bonds is 2. The van der Waals surface area contributed by atoms with Crippen LogP contribution in [0.1, 0.15) is 38.5 Å². The zero-order valence-electron chi connectivity index (χ0n) is 10.2. The van der Waals surface area contributed by atoms with E-state index in [9.17, 15) is 10.2 Å². The quantitative estimate of drug-likeness (QED) is 0.524. The van der Waals surface area contributed by atoms with Gasteiger partial charge in [0.2, 0.25) is 0 Å². The van der Waals surface area contributed by atoms with Gasteiger partial charge in [-0.1, -0.05) is 0 Å². The zero-order valence-corrected chi connectivity index (χ0v) is 10.2. The summed E-state index contributed by atoms with van der Waals surface area (Å²) in [6, 6.07) is -0.340. The molecule has 0 bridgehead atoms. The lowest BCUT2D eigenvalue weighted by atomic mass is 9.88. The SMILES string of the molecule is NC1CC(OC2CCC(O)C(N)C2)CCC1O. The fraction of sp³-hybridized carbons (Fsp3) is 1.00. The molecule has 2 aliphatic rings. The molecule has 0 aliphatic heterocycles. The van der Waals surface area contributed by atoms with Crippen LogP contribution in [-0.2, 0) is 4.74 Å². The third-order valence-electron chi connectivity index (χ3n) is 4.01. The maximum atomic E-state index is 9.54. The van der Waals surface area contributed by atoms with Gasteiger partial charge in [-0.15, -0.1) is 0 Å². The summed E-state index contributed by atoms with van der Waals surface area (Å²) < 4.78 is 5.99. The van der Waals surface area contributed by atoms with E-state index in [0.29, 0.717) is 12.8 Å². The van der Waals surface area contributed by atoms with Gasteiger partial charge in [0.05, 0.1) is 24.4 Å². The summed E-state index contributed by atoms with van der Waals surface area (Å²) in [4.78, 5) is 0. The fourth-order valence-electron chi connectivity index (χ4n) is 2.82. The third kappa shape index (κ3) is 3.39. The van der Waals surface area contributed by atoms with Crippen LogP contribution >= 0.6 is 0 Å². The van der Waals surface area contributed by atoms with Crippen LogP contribution in [0.15, 0.2) is 0 Å². The second-order valence-electron chi connectivity index (χ2n) is 5.47. The van der Waals surface area contributed by atoms with Gasteiger partial charge >= 0.3 is 0 Å². The van der Waals surface area contributed by atoms with Crippen molar-refractivity contribution in [3.8, 4) is 0 Å². The summed E-state index contributed by atoms with van der Waals surface area (Å²) in [6.07, 6.45) is 4.11. The lowest BCUT2D eigenvalue weighted by Gasteiger charge is -2.36. The molecule has 6 N–H and O–H groups in total.